The molecule has 4 heterocycles. The van der Waals surface area contributed by atoms with E-state index < -0.39 is 11.6 Å². The molecule has 2 bridgehead atoms. The van der Waals surface area contributed by atoms with Gasteiger partial charge in [-0.2, -0.15) is 0 Å². The van der Waals surface area contributed by atoms with Gasteiger partial charge in [0.2, 0.25) is 0 Å². The molecule has 3 aliphatic rings. The van der Waals surface area contributed by atoms with Gasteiger partial charge in [-0.1, -0.05) is 43.2 Å². The van der Waals surface area contributed by atoms with Crippen LogP contribution < -0.4 is 5.43 Å². The highest BCUT2D eigenvalue weighted by Crippen LogP contribution is 2.40. The minimum Gasteiger partial charge on any atom is -0.372 e. The number of H-pyrrole nitrogens is 1. The third kappa shape index (κ3) is 7.59. The molecule has 3 aliphatic heterocycles. The van der Waals surface area contributed by atoms with E-state index >= 15 is 0 Å². The Balaban J connectivity index is 1.06. The molecule has 0 spiro atoms. The predicted molar refractivity (Wildman–Crippen MR) is 162 cm³/mol. The van der Waals surface area contributed by atoms with Gasteiger partial charge in [0, 0.05) is 61.8 Å². The summed E-state index contributed by atoms with van der Waals surface area (Å²) in [5.41, 5.74) is 3.00. The summed E-state index contributed by atoms with van der Waals surface area (Å²) in [4.78, 5) is 23.1. The van der Waals surface area contributed by atoms with Gasteiger partial charge in [0.15, 0.2) is 5.43 Å². The number of ether oxygens (including phenoxy) is 2. The van der Waals surface area contributed by atoms with Gasteiger partial charge in [-0.15, -0.1) is 0 Å². The molecule has 3 saturated heterocycles. The minimum absolute atomic E-state index is 0.0543. The lowest BCUT2D eigenvalue weighted by Crippen LogP contribution is -2.47. The SMILES string of the molecule is O=c1cc(-c2ccccc2)[nH]cc1CN1CCCCCCN(COCN2C[C@H]3CC[C@H](O3)[C@H]2c2cc(F)ccc2F)CC1. The summed E-state index contributed by atoms with van der Waals surface area (Å²) in [7, 11) is 0. The summed E-state index contributed by atoms with van der Waals surface area (Å²) < 4.78 is 41.3. The largest absolute Gasteiger partial charge is 0.372 e. The van der Waals surface area contributed by atoms with Gasteiger partial charge < -0.3 is 14.5 Å². The summed E-state index contributed by atoms with van der Waals surface area (Å²) in [5, 5.41) is 0. The molecular weight excluding hydrogens is 550 g/mol. The maximum atomic E-state index is 14.8. The molecule has 2 aromatic carbocycles. The van der Waals surface area contributed by atoms with Crippen molar-refractivity contribution in [2.24, 2.45) is 0 Å². The van der Waals surface area contributed by atoms with Crippen LogP contribution in [0.3, 0.4) is 0 Å². The van der Waals surface area contributed by atoms with Crippen LogP contribution in [0.15, 0.2) is 65.6 Å². The second-order valence-corrected chi connectivity index (χ2v) is 12.1. The van der Waals surface area contributed by atoms with Gasteiger partial charge in [0.1, 0.15) is 25.1 Å². The first-order valence-electron chi connectivity index (χ1n) is 15.7. The number of likely N-dealkylation sites (tertiary alicyclic amines) is 1. The first kappa shape index (κ1) is 30.1. The number of hydrogen-bond acceptors (Lipinski definition) is 6. The molecule has 9 heteroatoms. The Morgan fingerprint density at radius 3 is 2.49 bits per heavy atom. The number of fused-ring (bicyclic) bond motifs is 2. The molecule has 7 nitrogen and oxygen atoms in total. The van der Waals surface area contributed by atoms with Crippen molar-refractivity contribution in [2.75, 3.05) is 46.2 Å². The maximum Gasteiger partial charge on any atom is 0.186 e. The van der Waals surface area contributed by atoms with Crippen LogP contribution >= 0.6 is 0 Å². The van der Waals surface area contributed by atoms with Crippen molar-refractivity contribution in [1.82, 2.24) is 19.7 Å². The van der Waals surface area contributed by atoms with Crippen LogP contribution in [0.1, 0.15) is 55.7 Å². The Morgan fingerprint density at radius 2 is 1.67 bits per heavy atom. The number of nitrogens with one attached hydrogen (secondary N) is 1. The molecule has 1 N–H and O–H groups in total. The number of rotatable bonds is 8. The Kier molecular flexibility index (Phi) is 9.95. The fraction of sp³-hybridized carbons (Fsp3) is 0.500. The van der Waals surface area contributed by atoms with Crippen molar-refractivity contribution in [3.63, 3.8) is 0 Å². The molecule has 0 radical (unpaired) electrons. The van der Waals surface area contributed by atoms with Gasteiger partial charge in [-0.25, -0.2) is 8.78 Å². The van der Waals surface area contributed by atoms with E-state index in [9.17, 15) is 13.6 Å². The summed E-state index contributed by atoms with van der Waals surface area (Å²) >= 11 is 0. The molecule has 6 rings (SSSR count). The van der Waals surface area contributed by atoms with Crippen LogP contribution in [0, 0.1) is 11.6 Å². The van der Waals surface area contributed by atoms with E-state index in [0.29, 0.717) is 32.1 Å². The molecule has 3 atom stereocenters. The fourth-order valence-electron chi connectivity index (χ4n) is 6.74. The molecule has 0 unspecified atom stereocenters. The topological polar surface area (TPSA) is 61.0 Å². The van der Waals surface area contributed by atoms with Crippen molar-refractivity contribution in [3.05, 3.63) is 93.8 Å². The van der Waals surface area contributed by atoms with Gasteiger partial charge in [-0.05, 0) is 56.0 Å². The third-order valence-electron chi connectivity index (χ3n) is 9.04. The number of nitrogens with zero attached hydrogens (tertiary/aromatic N) is 3. The van der Waals surface area contributed by atoms with Crippen molar-refractivity contribution in [2.45, 2.75) is 63.3 Å². The second-order valence-electron chi connectivity index (χ2n) is 12.1. The molecule has 0 amide bonds. The highest BCUT2D eigenvalue weighted by atomic mass is 19.1. The molecule has 0 aliphatic carbocycles. The van der Waals surface area contributed by atoms with Crippen molar-refractivity contribution >= 4 is 0 Å². The Hall–Kier alpha value is -2.95. The monoisotopic (exact) mass is 592 g/mol. The smallest absolute Gasteiger partial charge is 0.186 e. The van der Waals surface area contributed by atoms with Gasteiger partial charge in [-0.3, -0.25) is 19.5 Å². The van der Waals surface area contributed by atoms with Crippen LogP contribution in [0.4, 0.5) is 8.78 Å². The zero-order valence-corrected chi connectivity index (χ0v) is 24.7. The molecule has 43 heavy (non-hydrogen) atoms. The number of morpholine rings is 1. The number of aromatic nitrogens is 1. The Bertz CT molecular complexity index is 1400. The lowest BCUT2D eigenvalue weighted by atomic mass is 9.98. The number of halogens is 2. The summed E-state index contributed by atoms with van der Waals surface area (Å²) in [5.74, 6) is -0.848. The van der Waals surface area contributed by atoms with Crippen LogP contribution in [-0.4, -0.2) is 78.1 Å². The highest BCUT2D eigenvalue weighted by Gasteiger charge is 2.43. The van der Waals surface area contributed by atoms with E-state index in [-0.39, 0.29) is 23.7 Å². The quantitative estimate of drug-likeness (QED) is 0.371. The van der Waals surface area contributed by atoms with E-state index in [1.807, 2.05) is 36.5 Å². The van der Waals surface area contributed by atoms with Crippen molar-refractivity contribution < 1.29 is 18.3 Å². The van der Waals surface area contributed by atoms with E-state index in [1.165, 1.54) is 12.1 Å². The average Bonchev–Trinajstić information content (AvgIpc) is 3.40. The summed E-state index contributed by atoms with van der Waals surface area (Å²) in [6.07, 6.45) is 8.11. The van der Waals surface area contributed by atoms with E-state index in [4.69, 9.17) is 9.47 Å². The van der Waals surface area contributed by atoms with Crippen LogP contribution in [0.25, 0.3) is 11.3 Å². The molecular formula is C34H42F2N4O3. The number of pyridine rings is 1. The average molecular weight is 593 g/mol. The van der Waals surface area contributed by atoms with Gasteiger partial charge in [0.05, 0.1) is 18.2 Å². The molecule has 3 fully saturated rings. The fourth-order valence-corrected chi connectivity index (χ4v) is 6.74. The van der Waals surface area contributed by atoms with Crippen molar-refractivity contribution in [3.8, 4) is 11.3 Å². The molecule has 1 aromatic heterocycles. The lowest BCUT2D eigenvalue weighted by Gasteiger charge is -2.40. The standard InChI is InChI=1S/C34H42F2N4O3/c35-27-10-12-30(36)29(18-27)34-33-13-11-28(43-33)22-40(34)24-42-23-39-15-7-2-1-6-14-38(16-17-39)21-26-20-37-31(19-32(26)41)25-8-4-3-5-9-25/h3-5,8-10,12,18-20,28,33-34H,1-2,6-7,11,13-17,21-24H2,(H,37,41)/t28-,33+,34-/m1/s1. The van der Waals surface area contributed by atoms with Gasteiger partial charge >= 0.3 is 0 Å². The third-order valence-corrected chi connectivity index (χ3v) is 9.04. The zero-order valence-electron chi connectivity index (χ0n) is 24.7. The van der Waals surface area contributed by atoms with E-state index in [2.05, 4.69) is 19.7 Å². The summed E-state index contributed by atoms with van der Waals surface area (Å²) in [6.45, 7) is 5.60. The Labute approximate surface area is 252 Å². The van der Waals surface area contributed by atoms with Crippen LogP contribution in [-0.2, 0) is 16.0 Å². The van der Waals surface area contributed by atoms with Gasteiger partial charge in [0.25, 0.3) is 0 Å². The first-order chi connectivity index (χ1) is 21.0. The minimum atomic E-state index is -0.441. The van der Waals surface area contributed by atoms with Crippen LogP contribution in [0.5, 0.6) is 0 Å². The Morgan fingerprint density at radius 1 is 0.884 bits per heavy atom. The maximum absolute atomic E-state index is 14.8. The summed E-state index contributed by atoms with van der Waals surface area (Å²) in [6, 6.07) is 14.9. The van der Waals surface area contributed by atoms with Crippen LogP contribution in [0.2, 0.25) is 0 Å². The lowest BCUT2D eigenvalue weighted by molar-refractivity contribution is -0.128. The first-order valence-corrected chi connectivity index (χ1v) is 15.7. The second kappa shape index (κ2) is 14.2. The molecule has 0 saturated carbocycles. The predicted octanol–water partition coefficient (Wildman–Crippen LogP) is 5.53. The van der Waals surface area contributed by atoms with E-state index in [1.54, 1.807) is 6.07 Å². The van der Waals surface area contributed by atoms with Crippen molar-refractivity contribution in [1.29, 1.82) is 0 Å². The number of benzene rings is 2. The molecule has 3 aromatic rings. The zero-order chi connectivity index (χ0) is 29.6. The van der Waals surface area contributed by atoms with E-state index in [0.717, 1.165) is 87.6 Å². The molecule has 230 valence electrons. The normalized spacial score (nSPS) is 24.3. The highest BCUT2D eigenvalue weighted by molar-refractivity contribution is 5.58. The number of aromatic amines is 1. The number of hydrogen-bond donors (Lipinski definition) is 1.